The Balaban J connectivity index is 0.00000256. The molecule has 3 N–H and O–H groups in total. The molecule has 1 aliphatic rings. The summed E-state index contributed by atoms with van der Waals surface area (Å²) in [5.74, 6) is 0.397. The lowest BCUT2D eigenvalue weighted by Crippen LogP contribution is -2.49. The minimum absolute atomic E-state index is 0. The van der Waals surface area contributed by atoms with Crippen molar-refractivity contribution in [2.45, 2.75) is 38.1 Å². The number of hydrogen-bond acceptors (Lipinski definition) is 3. The van der Waals surface area contributed by atoms with Crippen LogP contribution in [0.15, 0.2) is 0 Å². The van der Waals surface area contributed by atoms with E-state index in [1.54, 1.807) is 0 Å². The van der Waals surface area contributed by atoms with E-state index >= 15 is 0 Å². The van der Waals surface area contributed by atoms with Gasteiger partial charge in [-0.2, -0.15) is 17.4 Å². The molecule has 0 amide bonds. The maximum atomic E-state index is 11.7. The second-order valence-electron chi connectivity index (χ2n) is 4.65. The van der Waals surface area contributed by atoms with Gasteiger partial charge in [-0.3, -0.25) is 0 Å². The predicted molar refractivity (Wildman–Crippen MR) is 72.4 cm³/mol. The van der Waals surface area contributed by atoms with Gasteiger partial charge < -0.3 is 5.73 Å². The molecule has 1 fully saturated rings. The van der Waals surface area contributed by atoms with Crippen molar-refractivity contribution < 1.29 is 8.42 Å². The van der Waals surface area contributed by atoms with E-state index in [9.17, 15) is 8.42 Å². The summed E-state index contributed by atoms with van der Waals surface area (Å²) in [7, 11) is -0.306. The molecule has 104 valence electrons. The van der Waals surface area contributed by atoms with Crippen LogP contribution >= 0.6 is 12.4 Å². The Kier molecular flexibility index (Phi) is 7.58. The predicted octanol–water partition coefficient (Wildman–Crippen LogP) is 0.712. The molecule has 0 aromatic carbocycles. The molecular weight excluding hydrogens is 262 g/mol. The highest BCUT2D eigenvalue weighted by molar-refractivity contribution is 7.87. The van der Waals surface area contributed by atoms with Gasteiger partial charge >= 0.3 is 0 Å². The van der Waals surface area contributed by atoms with Crippen molar-refractivity contribution in [3.63, 3.8) is 0 Å². The van der Waals surface area contributed by atoms with Gasteiger partial charge in [-0.05, 0) is 18.8 Å². The summed E-state index contributed by atoms with van der Waals surface area (Å²) in [6, 6.07) is -0.118. The van der Waals surface area contributed by atoms with E-state index in [2.05, 4.69) is 4.72 Å². The van der Waals surface area contributed by atoms with Crippen LogP contribution in [0.2, 0.25) is 0 Å². The summed E-state index contributed by atoms with van der Waals surface area (Å²) in [4.78, 5) is 0. The normalized spacial score (nSPS) is 20.0. The Morgan fingerprint density at radius 3 is 2.24 bits per heavy atom. The first-order valence-corrected chi connectivity index (χ1v) is 7.31. The summed E-state index contributed by atoms with van der Waals surface area (Å²) in [6.45, 7) is 0.373. The third-order valence-electron chi connectivity index (χ3n) is 3.25. The van der Waals surface area contributed by atoms with Crippen molar-refractivity contribution in [2.75, 3.05) is 20.6 Å². The Morgan fingerprint density at radius 1 is 1.29 bits per heavy atom. The van der Waals surface area contributed by atoms with Crippen molar-refractivity contribution in [1.82, 2.24) is 9.03 Å². The molecule has 0 radical (unpaired) electrons. The fourth-order valence-electron chi connectivity index (χ4n) is 2.17. The molecule has 1 unspecified atom stereocenters. The topological polar surface area (TPSA) is 75.4 Å². The van der Waals surface area contributed by atoms with Gasteiger partial charge in [0.25, 0.3) is 10.2 Å². The Hall–Kier alpha value is 0.120. The minimum atomic E-state index is -3.36. The summed E-state index contributed by atoms with van der Waals surface area (Å²) in [6.07, 6.45) is 5.79. The molecular formula is C10H24ClN3O2S. The molecule has 1 rings (SSSR count). The molecule has 0 heterocycles. The van der Waals surface area contributed by atoms with Crippen LogP contribution < -0.4 is 10.5 Å². The lowest BCUT2D eigenvalue weighted by molar-refractivity contribution is 0.291. The van der Waals surface area contributed by atoms with Gasteiger partial charge in [-0.1, -0.05) is 19.3 Å². The molecule has 0 aliphatic heterocycles. The Bertz CT molecular complexity index is 303. The molecule has 1 atom stereocenters. The zero-order valence-electron chi connectivity index (χ0n) is 10.6. The van der Waals surface area contributed by atoms with Gasteiger partial charge in [-0.25, -0.2) is 0 Å². The molecule has 7 heteroatoms. The van der Waals surface area contributed by atoms with Gasteiger partial charge in [0, 0.05) is 26.7 Å². The Labute approximate surface area is 111 Å². The molecule has 0 bridgehead atoms. The first-order chi connectivity index (χ1) is 7.47. The van der Waals surface area contributed by atoms with E-state index in [4.69, 9.17) is 5.73 Å². The second-order valence-corrected chi connectivity index (χ2v) is 6.56. The number of halogens is 1. The molecule has 0 spiro atoms. The summed E-state index contributed by atoms with van der Waals surface area (Å²) in [5.41, 5.74) is 5.67. The van der Waals surface area contributed by atoms with Crippen molar-refractivity contribution in [1.29, 1.82) is 0 Å². The number of nitrogens with one attached hydrogen (secondary N) is 1. The zero-order valence-corrected chi connectivity index (χ0v) is 12.2. The fourth-order valence-corrected chi connectivity index (χ4v) is 3.05. The standard InChI is InChI=1S/C10H23N3O2S.ClH/c1-13(2)16(14,15)12-10(8-11)9-6-4-3-5-7-9;/h9-10,12H,3-8,11H2,1-2H3;1H. The maximum absolute atomic E-state index is 11.7. The second kappa shape index (κ2) is 7.53. The van der Waals surface area contributed by atoms with Crippen LogP contribution in [0.3, 0.4) is 0 Å². The van der Waals surface area contributed by atoms with Gasteiger partial charge in [0.2, 0.25) is 0 Å². The fraction of sp³-hybridized carbons (Fsp3) is 1.00. The highest BCUT2D eigenvalue weighted by atomic mass is 35.5. The van der Waals surface area contributed by atoms with Gasteiger partial charge in [0.1, 0.15) is 0 Å². The number of nitrogens with two attached hydrogens (primary N) is 1. The number of rotatable bonds is 5. The first-order valence-electron chi connectivity index (χ1n) is 5.87. The van der Waals surface area contributed by atoms with Crippen LogP contribution in [0.5, 0.6) is 0 Å². The average molecular weight is 286 g/mol. The van der Waals surface area contributed by atoms with Crippen LogP contribution in [0, 0.1) is 5.92 Å². The molecule has 0 aromatic rings. The largest absolute Gasteiger partial charge is 0.329 e. The highest BCUT2D eigenvalue weighted by Gasteiger charge is 2.27. The summed E-state index contributed by atoms with van der Waals surface area (Å²) >= 11 is 0. The smallest absolute Gasteiger partial charge is 0.279 e. The molecule has 1 aliphatic carbocycles. The van der Waals surface area contributed by atoms with Crippen molar-refractivity contribution >= 4 is 22.6 Å². The third-order valence-corrected chi connectivity index (χ3v) is 4.82. The van der Waals surface area contributed by atoms with Crippen LogP contribution in [-0.4, -0.2) is 39.4 Å². The average Bonchev–Trinajstić information content (AvgIpc) is 2.27. The van der Waals surface area contributed by atoms with E-state index in [-0.39, 0.29) is 18.4 Å². The summed E-state index contributed by atoms with van der Waals surface area (Å²) in [5, 5.41) is 0. The van der Waals surface area contributed by atoms with Gasteiger partial charge in [-0.15, -0.1) is 12.4 Å². The van der Waals surface area contributed by atoms with Crippen molar-refractivity contribution in [3.05, 3.63) is 0 Å². The summed E-state index contributed by atoms with van der Waals surface area (Å²) < 4.78 is 27.3. The van der Waals surface area contributed by atoms with Crippen LogP contribution in [-0.2, 0) is 10.2 Å². The minimum Gasteiger partial charge on any atom is -0.329 e. The van der Waals surface area contributed by atoms with E-state index in [1.807, 2.05) is 0 Å². The van der Waals surface area contributed by atoms with Crippen LogP contribution in [0.4, 0.5) is 0 Å². The molecule has 0 saturated heterocycles. The quantitative estimate of drug-likeness (QED) is 0.781. The lowest BCUT2D eigenvalue weighted by atomic mass is 9.84. The van der Waals surface area contributed by atoms with Crippen LogP contribution in [0.1, 0.15) is 32.1 Å². The number of hydrogen-bond donors (Lipinski definition) is 2. The molecule has 5 nitrogen and oxygen atoms in total. The third kappa shape index (κ3) is 5.09. The Morgan fingerprint density at radius 2 is 1.82 bits per heavy atom. The van der Waals surface area contributed by atoms with Crippen molar-refractivity contribution in [2.24, 2.45) is 11.7 Å². The number of nitrogens with zero attached hydrogens (tertiary/aromatic N) is 1. The maximum Gasteiger partial charge on any atom is 0.279 e. The molecule has 17 heavy (non-hydrogen) atoms. The van der Waals surface area contributed by atoms with Gasteiger partial charge in [0.15, 0.2) is 0 Å². The highest BCUT2D eigenvalue weighted by Crippen LogP contribution is 2.26. The SMILES string of the molecule is CN(C)S(=O)(=O)NC(CN)C1CCCCC1.Cl. The van der Waals surface area contributed by atoms with E-state index in [0.29, 0.717) is 12.5 Å². The monoisotopic (exact) mass is 285 g/mol. The van der Waals surface area contributed by atoms with E-state index in [1.165, 1.54) is 37.7 Å². The lowest BCUT2D eigenvalue weighted by Gasteiger charge is -2.30. The molecule has 1 saturated carbocycles. The van der Waals surface area contributed by atoms with E-state index < -0.39 is 10.2 Å². The van der Waals surface area contributed by atoms with Crippen molar-refractivity contribution in [3.8, 4) is 0 Å². The van der Waals surface area contributed by atoms with Crippen LogP contribution in [0.25, 0.3) is 0 Å². The molecule has 0 aromatic heterocycles. The van der Waals surface area contributed by atoms with E-state index in [0.717, 1.165) is 12.8 Å². The van der Waals surface area contributed by atoms with Gasteiger partial charge in [0.05, 0.1) is 0 Å². The zero-order chi connectivity index (χ0) is 12.2. The first kappa shape index (κ1) is 17.1.